The van der Waals surface area contributed by atoms with Crippen molar-refractivity contribution in [1.82, 2.24) is 0 Å². The Hall–Kier alpha value is -3.08. The first-order valence-corrected chi connectivity index (χ1v) is 9.53. The molecule has 28 heavy (non-hydrogen) atoms. The Morgan fingerprint density at radius 3 is 2.61 bits per heavy atom. The molecule has 1 aliphatic rings. The summed E-state index contributed by atoms with van der Waals surface area (Å²) < 4.78 is 16.6. The lowest BCUT2D eigenvalue weighted by Gasteiger charge is -2.18. The SMILES string of the molecule is Cc1cc(OCC(=O)OCc2ccccc2)c2c3c(c(=O)oc2c1)CCCC3. The average molecular weight is 378 g/mol. The molecule has 4 rings (SSSR count). The lowest BCUT2D eigenvalue weighted by Crippen LogP contribution is -2.18. The van der Waals surface area contributed by atoms with E-state index < -0.39 is 5.97 Å². The molecule has 0 saturated heterocycles. The van der Waals surface area contributed by atoms with Crippen LogP contribution in [-0.2, 0) is 29.0 Å². The number of benzene rings is 2. The number of carbonyl (C=O) groups excluding carboxylic acids is 1. The molecule has 0 N–H and O–H groups in total. The third-order valence-corrected chi connectivity index (χ3v) is 5.02. The van der Waals surface area contributed by atoms with Crippen molar-refractivity contribution < 1.29 is 18.7 Å². The minimum Gasteiger partial charge on any atom is -0.481 e. The largest absolute Gasteiger partial charge is 0.481 e. The van der Waals surface area contributed by atoms with E-state index in [4.69, 9.17) is 13.9 Å². The molecule has 2 aromatic carbocycles. The minimum absolute atomic E-state index is 0.195. The van der Waals surface area contributed by atoms with E-state index in [0.717, 1.165) is 53.3 Å². The molecule has 0 radical (unpaired) electrons. The number of ether oxygens (including phenoxy) is 2. The molecule has 0 atom stereocenters. The van der Waals surface area contributed by atoms with Gasteiger partial charge in [0.15, 0.2) is 6.61 Å². The lowest BCUT2D eigenvalue weighted by atomic mass is 9.90. The zero-order chi connectivity index (χ0) is 19.5. The first kappa shape index (κ1) is 18.3. The molecule has 0 saturated carbocycles. The van der Waals surface area contributed by atoms with Gasteiger partial charge in [0.1, 0.15) is 17.9 Å². The van der Waals surface area contributed by atoms with Crippen LogP contribution in [0.5, 0.6) is 5.75 Å². The molecule has 0 bridgehead atoms. The van der Waals surface area contributed by atoms with Crippen molar-refractivity contribution in [2.75, 3.05) is 6.61 Å². The van der Waals surface area contributed by atoms with Crippen molar-refractivity contribution >= 4 is 16.9 Å². The third kappa shape index (κ3) is 3.79. The fourth-order valence-corrected chi connectivity index (χ4v) is 3.70. The Balaban J connectivity index is 1.56. The zero-order valence-electron chi connectivity index (χ0n) is 15.8. The van der Waals surface area contributed by atoms with Crippen LogP contribution in [0.25, 0.3) is 11.0 Å². The van der Waals surface area contributed by atoms with Crippen LogP contribution in [0, 0.1) is 6.92 Å². The Bertz CT molecular complexity index is 1070. The van der Waals surface area contributed by atoms with Gasteiger partial charge in [0.2, 0.25) is 0 Å². The van der Waals surface area contributed by atoms with E-state index in [1.807, 2.05) is 49.4 Å². The van der Waals surface area contributed by atoms with Crippen molar-refractivity contribution in [3.63, 3.8) is 0 Å². The lowest BCUT2D eigenvalue weighted by molar-refractivity contribution is -0.147. The Kier molecular flexibility index (Phi) is 5.15. The van der Waals surface area contributed by atoms with Crippen LogP contribution in [0.1, 0.15) is 35.1 Å². The van der Waals surface area contributed by atoms with Gasteiger partial charge < -0.3 is 13.9 Å². The van der Waals surface area contributed by atoms with Crippen molar-refractivity contribution in [2.45, 2.75) is 39.2 Å². The van der Waals surface area contributed by atoms with Gasteiger partial charge in [-0.2, -0.15) is 0 Å². The standard InChI is InChI=1S/C23H22O5/c1-15-11-19(26-14-21(24)27-13-16-7-3-2-4-8-16)22-17-9-5-6-10-18(17)23(25)28-20(22)12-15/h2-4,7-8,11-12H,5-6,9-10,13-14H2,1H3. The third-order valence-electron chi connectivity index (χ3n) is 5.02. The first-order valence-electron chi connectivity index (χ1n) is 9.53. The molecule has 0 aliphatic heterocycles. The monoisotopic (exact) mass is 378 g/mol. The summed E-state index contributed by atoms with van der Waals surface area (Å²) >= 11 is 0. The van der Waals surface area contributed by atoms with E-state index in [1.165, 1.54) is 0 Å². The van der Waals surface area contributed by atoms with Crippen molar-refractivity contribution in [3.05, 3.63) is 75.1 Å². The van der Waals surface area contributed by atoms with Gasteiger partial charge in [-0.1, -0.05) is 30.3 Å². The highest BCUT2D eigenvalue weighted by Crippen LogP contribution is 2.34. The van der Waals surface area contributed by atoms with Gasteiger partial charge >= 0.3 is 11.6 Å². The fourth-order valence-electron chi connectivity index (χ4n) is 3.70. The minimum atomic E-state index is -0.440. The molecule has 144 valence electrons. The van der Waals surface area contributed by atoms with Gasteiger partial charge in [-0.15, -0.1) is 0 Å². The first-order chi connectivity index (χ1) is 13.6. The van der Waals surface area contributed by atoms with E-state index in [0.29, 0.717) is 11.3 Å². The summed E-state index contributed by atoms with van der Waals surface area (Å²) in [5.74, 6) is 0.123. The number of hydrogen-bond donors (Lipinski definition) is 0. The summed E-state index contributed by atoms with van der Waals surface area (Å²) in [6, 6.07) is 13.2. The molecular weight excluding hydrogens is 356 g/mol. The molecule has 1 heterocycles. The molecule has 0 amide bonds. The van der Waals surface area contributed by atoms with E-state index in [-0.39, 0.29) is 18.8 Å². The summed E-state index contributed by atoms with van der Waals surface area (Å²) in [6.07, 6.45) is 3.55. The predicted octanol–water partition coefficient (Wildman–Crippen LogP) is 4.10. The normalized spacial score (nSPS) is 13.2. The Morgan fingerprint density at radius 1 is 1.07 bits per heavy atom. The predicted molar refractivity (Wildman–Crippen MR) is 106 cm³/mol. The van der Waals surface area contributed by atoms with E-state index in [2.05, 4.69) is 0 Å². The van der Waals surface area contributed by atoms with Crippen LogP contribution in [0.2, 0.25) is 0 Å². The fraction of sp³-hybridized carbons (Fsp3) is 0.304. The summed E-state index contributed by atoms with van der Waals surface area (Å²) in [5, 5.41) is 0.802. The van der Waals surface area contributed by atoms with Crippen molar-refractivity contribution in [3.8, 4) is 5.75 Å². The Morgan fingerprint density at radius 2 is 1.82 bits per heavy atom. The van der Waals surface area contributed by atoms with Crippen molar-refractivity contribution in [1.29, 1.82) is 0 Å². The summed E-state index contributed by atoms with van der Waals surface area (Å²) in [7, 11) is 0. The van der Waals surface area contributed by atoms with Gasteiger partial charge in [0.25, 0.3) is 0 Å². The average Bonchev–Trinajstić information content (AvgIpc) is 2.71. The highest BCUT2D eigenvalue weighted by atomic mass is 16.6. The van der Waals surface area contributed by atoms with Crippen molar-refractivity contribution in [2.24, 2.45) is 0 Å². The highest BCUT2D eigenvalue weighted by molar-refractivity contribution is 5.89. The molecule has 1 aromatic heterocycles. The molecule has 1 aliphatic carbocycles. The number of carbonyl (C=O) groups is 1. The maximum atomic E-state index is 12.3. The summed E-state index contributed by atoms with van der Waals surface area (Å²) in [4.78, 5) is 24.4. The molecular formula is C23H22O5. The van der Waals surface area contributed by atoms with Gasteiger partial charge in [-0.3, -0.25) is 0 Å². The second kappa shape index (κ2) is 7.89. The summed E-state index contributed by atoms with van der Waals surface area (Å²) in [6.45, 7) is 1.92. The van der Waals surface area contributed by atoms with Crippen LogP contribution < -0.4 is 10.4 Å². The maximum absolute atomic E-state index is 12.3. The van der Waals surface area contributed by atoms with Gasteiger partial charge in [0, 0.05) is 5.56 Å². The molecule has 0 unspecified atom stereocenters. The molecule has 0 fully saturated rings. The van der Waals surface area contributed by atoms with Gasteiger partial charge in [-0.05, 0) is 61.4 Å². The van der Waals surface area contributed by atoms with Crippen LogP contribution in [0.15, 0.2) is 51.7 Å². The topological polar surface area (TPSA) is 65.7 Å². The van der Waals surface area contributed by atoms with Gasteiger partial charge in [0.05, 0.1) is 5.39 Å². The number of aryl methyl sites for hydroxylation is 2. The van der Waals surface area contributed by atoms with Gasteiger partial charge in [-0.25, -0.2) is 9.59 Å². The van der Waals surface area contributed by atoms with E-state index in [1.54, 1.807) is 0 Å². The van der Waals surface area contributed by atoms with Crippen LogP contribution in [0.3, 0.4) is 0 Å². The van der Waals surface area contributed by atoms with Crippen LogP contribution >= 0.6 is 0 Å². The Labute approximate surface area is 162 Å². The van der Waals surface area contributed by atoms with Crippen LogP contribution in [-0.4, -0.2) is 12.6 Å². The maximum Gasteiger partial charge on any atom is 0.344 e. The number of esters is 1. The molecule has 5 heteroatoms. The van der Waals surface area contributed by atoms with E-state index >= 15 is 0 Å². The zero-order valence-corrected chi connectivity index (χ0v) is 15.8. The highest BCUT2D eigenvalue weighted by Gasteiger charge is 2.21. The summed E-state index contributed by atoms with van der Waals surface area (Å²) in [5.41, 5.74) is 3.80. The molecule has 3 aromatic rings. The number of fused-ring (bicyclic) bond motifs is 3. The second-order valence-electron chi connectivity index (χ2n) is 7.12. The quantitative estimate of drug-likeness (QED) is 0.494. The number of hydrogen-bond acceptors (Lipinski definition) is 5. The van der Waals surface area contributed by atoms with E-state index in [9.17, 15) is 9.59 Å². The van der Waals surface area contributed by atoms with Crippen LogP contribution in [0.4, 0.5) is 0 Å². The smallest absolute Gasteiger partial charge is 0.344 e. The number of rotatable bonds is 5. The second-order valence-corrected chi connectivity index (χ2v) is 7.12. The molecule has 0 spiro atoms. The molecule has 5 nitrogen and oxygen atoms in total.